The fourth-order valence-electron chi connectivity index (χ4n) is 5.44. The summed E-state index contributed by atoms with van der Waals surface area (Å²) in [6, 6.07) is 0.314. The molecule has 0 radical (unpaired) electrons. The van der Waals surface area contributed by atoms with E-state index in [1.165, 1.54) is 16.3 Å². The minimum atomic E-state index is -4.69. The number of amides is 1. The Labute approximate surface area is 227 Å². The van der Waals surface area contributed by atoms with Crippen LogP contribution in [0.25, 0.3) is 10.9 Å². The second kappa shape index (κ2) is 9.19. The van der Waals surface area contributed by atoms with Crippen molar-refractivity contribution in [2.24, 2.45) is 5.41 Å². The summed E-state index contributed by atoms with van der Waals surface area (Å²) < 4.78 is 54.8. The van der Waals surface area contributed by atoms with Gasteiger partial charge in [-0.15, -0.1) is 11.8 Å². The molecule has 0 unspecified atom stereocenters. The number of hydrogen-bond donors (Lipinski definition) is 0. The SMILES string of the molecule is C[C@@H]1CN(c2nc(=O)n3c4c(c(Cl)c(C(F)(F)F)cc24)SCC2(COC2)C3)C[C@H](C)N1C(=O)OC(C)(C)C. The van der Waals surface area contributed by atoms with Crippen LogP contribution in [0.2, 0.25) is 5.02 Å². The molecule has 8 nitrogen and oxygen atoms in total. The van der Waals surface area contributed by atoms with Gasteiger partial charge >= 0.3 is 18.0 Å². The van der Waals surface area contributed by atoms with Crippen LogP contribution in [0.3, 0.4) is 0 Å². The van der Waals surface area contributed by atoms with E-state index in [1.54, 1.807) is 30.6 Å². The molecule has 3 aliphatic heterocycles. The minimum Gasteiger partial charge on any atom is -0.444 e. The number of nitrogens with zero attached hydrogens (tertiary/aromatic N) is 4. The molecule has 5 rings (SSSR count). The number of piperazine rings is 1. The van der Waals surface area contributed by atoms with Crippen LogP contribution in [0.5, 0.6) is 0 Å². The number of alkyl halides is 3. The van der Waals surface area contributed by atoms with Crippen LogP contribution in [-0.4, -0.2) is 70.3 Å². The third-order valence-corrected chi connectivity index (χ3v) is 9.05. The van der Waals surface area contributed by atoms with Gasteiger partial charge in [-0.1, -0.05) is 11.6 Å². The summed E-state index contributed by atoms with van der Waals surface area (Å²) in [6.45, 7) is 10.7. The van der Waals surface area contributed by atoms with Crippen molar-refractivity contribution in [3.8, 4) is 0 Å². The van der Waals surface area contributed by atoms with Crippen LogP contribution in [0.1, 0.15) is 40.2 Å². The van der Waals surface area contributed by atoms with Gasteiger partial charge in [0.2, 0.25) is 0 Å². The van der Waals surface area contributed by atoms with Crippen molar-refractivity contribution in [1.29, 1.82) is 0 Å². The Kier molecular flexibility index (Phi) is 6.63. The molecule has 0 N–H and O–H groups in total. The van der Waals surface area contributed by atoms with Crippen LogP contribution in [0.4, 0.5) is 23.8 Å². The zero-order valence-corrected chi connectivity index (χ0v) is 23.4. The van der Waals surface area contributed by atoms with E-state index in [0.29, 0.717) is 24.5 Å². The molecule has 2 fully saturated rings. The molecule has 208 valence electrons. The van der Waals surface area contributed by atoms with Gasteiger partial charge in [0.05, 0.1) is 46.3 Å². The van der Waals surface area contributed by atoms with Gasteiger partial charge in [-0.05, 0) is 40.7 Å². The molecule has 0 aliphatic carbocycles. The summed E-state index contributed by atoms with van der Waals surface area (Å²) >= 11 is 7.60. The Morgan fingerprint density at radius 2 is 1.84 bits per heavy atom. The van der Waals surface area contributed by atoms with E-state index in [9.17, 15) is 22.8 Å². The van der Waals surface area contributed by atoms with Crippen LogP contribution in [-0.2, 0) is 22.2 Å². The number of rotatable bonds is 1. The average Bonchev–Trinajstić information content (AvgIpc) is 2.94. The third-order valence-electron chi connectivity index (χ3n) is 7.10. The smallest absolute Gasteiger partial charge is 0.417 e. The number of hydrogen-bond acceptors (Lipinski definition) is 7. The van der Waals surface area contributed by atoms with Gasteiger partial charge in [-0.3, -0.25) is 9.47 Å². The number of aromatic nitrogens is 2. The van der Waals surface area contributed by atoms with Crippen molar-refractivity contribution in [3.63, 3.8) is 0 Å². The van der Waals surface area contributed by atoms with E-state index in [0.717, 1.165) is 6.07 Å². The summed E-state index contributed by atoms with van der Waals surface area (Å²) in [5, 5.41) is -0.194. The van der Waals surface area contributed by atoms with Gasteiger partial charge in [0.25, 0.3) is 0 Å². The predicted molar refractivity (Wildman–Crippen MR) is 139 cm³/mol. The second-order valence-electron chi connectivity index (χ2n) is 11.5. The summed E-state index contributed by atoms with van der Waals surface area (Å²) in [5.41, 5.74) is -2.19. The monoisotopic (exact) mass is 574 g/mol. The van der Waals surface area contributed by atoms with Gasteiger partial charge in [0.15, 0.2) is 0 Å². The van der Waals surface area contributed by atoms with Crippen molar-refractivity contribution in [3.05, 3.63) is 27.1 Å². The molecular formula is C25H30ClF3N4O4S. The first kappa shape index (κ1) is 27.4. The topological polar surface area (TPSA) is 76.9 Å². The number of anilines is 1. The fraction of sp³-hybridized carbons (Fsp3) is 0.640. The van der Waals surface area contributed by atoms with Gasteiger partial charge < -0.3 is 14.4 Å². The number of thioether (sulfide) groups is 1. The van der Waals surface area contributed by atoms with E-state index >= 15 is 0 Å². The molecule has 1 aromatic carbocycles. The number of benzene rings is 1. The lowest BCUT2D eigenvalue weighted by Crippen LogP contribution is -2.60. The van der Waals surface area contributed by atoms with Crippen LogP contribution in [0.15, 0.2) is 15.8 Å². The highest BCUT2D eigenvalue weighted by Gasteiger charge is 2.44. The van der Waals surface area contributed by atoms with Crippen LogP contribution < -0.4 is 10.6 Å². The lowest BCUT2D eigenvalue weighted by Gasteiger charge is -2.45. The molecule has 1 aromatic heterocycles. The zero-order chi connectivity index (χ0) is 27.8. The van der Waals surface area contributed by atoms with E-state index in [1.807, 2.05) is 13.8 Å². The molecule has 2 atom stereocenters. The molecular weight excluding hydrogens is 545 g/mol. The Morgan fingerprint density at radius 3 is 2.37 bits per heavy atom. The van der Waals surface area contributed by atoms with Crippen molar-refractivity contribution in [1.82, 2.24) is 14.5 Å². The first-order valence-corrected chi connectivity index (χ1v) is 13.8. The van der Waals surface area contributed by atoms with E-state index in [4.69, 9.17) is 21.1 Å². The summed E-state index contributed by atoms with van der Waals surface area (Å²) in [6.07, 6.45) is -5.16. The number of carbonyl (C=O) groups is 1. The lowest BCUT2D eigenvalue weighted by molar-refractivity contribution is -0.137. The quantitative estimate of drug-likeness (QED) is 0.473. The molecule has 2 aromatic rings. The van der Waals surface area contributed by atoms with E-state index in [-0.39, 0.29) is 53.2 Å². The lowest BCUT2D eigenvalue weighted by atomic mass is 9.88. The molecule has 2 saturated heterocycles. The Bertz CT molecular complexity index is 1340. The highest BCUT2D eigenvalue weighted by molar-refractivity contribution is 7.99. The second-order valence-corrected chi connectivity index (χ2v) is 12.9. The minimum absolute atomic E-state index is 0.161. The Balaban J connectivity index is 1.63. The average molecular weight is 575 g/mol. The first-order valence-electron chi connectivity index (χ1n) is 12.4. The normalized spacial score (nSPS) is 23.4. The molecule has 3 aliphatic rings. The van der Waals surface area contributed by atoms with Crippen molar-refractivity contribution >= 4 is 46.2 Å². The number of carbonyl (C=O) groups excluding carboxylic acids is 1. The van der Waals surface area contributed by atoms with E-state index in [2.05, 4.69) is 4.98 Å². The third kappa shape index (κ3) is 4.72. The summed E-state index contributed by atoms with van der Waals surface area (Å²) in [7, 11) is 0. The Hall–Kier alpha value is -2.18. The van der Waals surface area contributed by atoms with Crippen LogP contribution >= 0.6 is 23.4 Å². The number of halogens is 4. The maximum Gasteiger partial charge on any atom is 0.417 e. The standard InChI is InChI=1S/C25H30ClF3N4O4S/c1-13-7-31(8-14(2)33(13)22(35)37-23(3,4)5)20-15-6-16(25(27,28)29)17(26)19-18(15)32(21(34)30-20)9-24(12-38-19)10-36-11-24/h6,13-14H,7-12H2,1-5H3/t13-,14+. The van der Waals surface area contributed by atoms with Gasteiger partial charge in [0, 0.05) is 36.2 Å². The molecule has 38 heavy (non-hydrogen) atoms. The highest BCUT2D eigenvalue weighted by Crippen LogP contribution is 2.49. The zero-order valence-electron chi connectivity index (χ0n) is 21.8. The highest BCUT2D eigenvalue weighted by atomic mass is 35.5. The summed E-state index contributed by atoms with van der Waals surface area (Å²) in [4.78, 5) is 34.2. The molecule has 4 heterocycles. The maximum atomic E-state index is 14.1. The molecule has 0 saturated carbocycles. The van der Waals surface area contributed by atoms with E-state index < -0.39 is 34.1 Å². The van der Waals surface area contributed by atoms with Crippen molar-refractivity contribution in [2.45, 2.75) is 69.9 Å². The van der Waals surface area contributed by atoms with Crippen molar-refractivity contribution < 1.29 is 27.4 Å². The molecule has 1 spiro atoms. The van der Waals surface area contributed by atoms with Gasteiger partial charge in [0.1, 0.15) is 11.4 Å². The first-order chi connectivity index (χ1) is 17.6. The Morgan fingerprint density at radius 1 is 1.21 bits per heavy atom. The molecule has 1 amide bonds. The van der Waals surface area contributed by atoms with Gasteiger partial charge in [-0.2, -0.15) is 18.2 Å². The fourth-order valence-corrected chi connectivity index (χ4v) is 7.15. The molecule has 13 heteroatoms. The largest absolute Gasteiger partial charge is 0.444 e. The predicted octanol–water partition coefficient (Wildman–Crippen LogP) is 5.03. The van der Waals surface area contributed by atoms with Gasteiger partial charge in [-0.25, -0.2) is 9.59 Å². The number of ether oxygens (including phenoxy) is 2. The molecule has 0 bridgehead atoms. The summed E-state index contributed by atoms with van der Waals surface area (Å²) in [5.74, 6) is 0.635. The van der Waals surface area contributed by atoms with Crippen molar-refractivity contribution in [2.75, 3.05) is 37.0 Å². The van der Waals surface area contributed by atoms with Crippen LogP contribution in [0, 0.1) is 5.41 Å². The maximum absolute atomic E-state index is 14.1.